The minimum atomic E-state index is -4.75. The maximum absolute atomic E-state index is 13.9. The highest BCUT2D eigenvalue weighted by molar-refractivity contribution is 6.31. The van der Waals surface area contributed by atoms with Crippen LogP contribution in [-0.4, -0.2) is 27.4 Å². The molecule has 2 aromatic carbocycles. The van der Waals surface area contributed by atoms with Crippen LogP contribution in [0.5, 0.6) is 0 Å². The number of aromatic nitrogens is 3. The SMILES string of the molecule is COC(=O)c1ccc(Cn2c(=O)cc(C(F)(F)F)c3c(C)nn(-c4cccc(Cl)c4C)c32)cc1. The number of aryl methyl sites for hydroxylation is 1. The molecule has 0 saturated heterocycles. The van der Waals surface area contributed by atoms with Gasteiger partial charge in [0.15, 0.2) is 0 Å². The van der Waals surface area contributed by atoms with Crippen LogP contribution in [-0.2, 0) is 17.5 Å². The van der Waals surface area contributed by atoms with E-state index in [1.807, 2.05) is 0 Å². The molecule has 0 saturated carbocycles. The molecule has 0 N–H and O–H groups in total. The lowest BCUT2D eigenvalue weighted by Gasteiger charge is -2.16. The van der Waals surface area contributed by atoms with Gasteiger partial charge < -0.3 is 4.74 Å². The minimum Gasteiger partial charge on any atom is -0.465 e. The molecule has 0 unspecified atom stereocenters. The van der Waals surface area contributed by atoms with Crippen LogP contribution in [0.4, 0.5) is 13.2 Å². The summed E-state index contributed by atoms with van der Waals surface area (Å²) in [4.78, 5) is 24.7. The predicted molar refractivity (Wildman–Crippen MR) is 122 cm³/mol. The molecule has 0 amide bonds. The number of pyridine rings is 1. The van der Waals surface area contributed by atoms with Crippen molar-refractivity contribution in [3.05, 3.63) is 91.9 Å². The van der Waals surface area contributed by atoms with Gasteiger partial charge in [-0.15, -0.1) is 0 Å². The molecule has 2 aromatic heterocycles. The zero-order valence-corrected chi connectivity index (χ0v) is 19.2. The Kier molecular flexibility index (Phi) is 5.99. The van der Waals surface area contributed by atoms with Crippen molar-refractivity contribution in [3.63, 3.8) is 0 Å². The van der Waals surface area contributed by atoms with Gasteiger partial charge in [-0.3, -0.25) is 9.36 Å². The van der Waals surface area contributed by atoms with Crippen molar-refractivity contribution >= 4 is 28.6 Å². The second-order valence-electron chi connectivity index (χ2n) is 7.75. The van der Waals surface area contributed by atoms with Gasteiger partial charge in [-0.1, -0.05) is 29.8 Å². The largest absolute Gasteiger partial charge is 0.465 e. The molecule has 0 atom stereocenters. The fraction of sp³-hybridized carbons (Fsp3) is 0.208. The smallest absolute Gasteiger partial charge is 0.417 e. The summed E-state index contributed by atoms with van der Waals surface area (Å²) in [5.41, 5.74) is 0.212. The van der Waals surface area contributed by atoms with Gasteiger partial charge in [-0.25, -0.2) is 9.48 Å². The number of benzene rings is 2. The highest BCUT2D eigenvalue weighted by Gasteiger charge is 2.36. The molecule has 10 heteroatoms. The van der Waals surface area contributed by atoms with Gasteiger partial charge in [0, 0.05) is 11.1 Å². The summed E-state index contributed by atoms with van der Waals surface area (Å²) < 4.78 is 48.9. The van der Waals surface area contributed by atoms with Gasteiger partial charge >= 0.3 is 12.1 Å². The van der Waals surface area contributed by atoms with E-state index in [4.69, 9.17) is 11.6 Å². The number of methoxy groups -OCH3 is 1. The first-order valence-electron chi connectivity index (χ1n) is 10.2. The number of alkyl halides is 3. The number of hydrogen-bond donors (Lipinski definition) is 0. The molecule has 4 aromatic rings. The normalized spacial score (nSPS) is 11.7. The Morgan fingerprint density at radius 2 is 1.79 bits per heavy atom. The van der Waals surface area contributed by atoms with Gasteiger partial charge in [0.2, 0.25) is 0 Å². The first-order chi connectivity index (χ1) is 16.0. The minimum absolute atomic E-state index is 0.000244. The fourth-order valence-electron chi connectivity index (χ4n) is 3.87. The molecular weight excluding hydrogens is 471 g/mol. The topological polar surface area (TPSA) is 66.1 Å². The number of halogens is 4. The predicted octanol–water partition coefficient (Wildman–Crippen LogP) is 5.31. The average molecular weight is 490 g/mol. The maximum Gasteiger partial charge on any atom is 0.417 e. The van der Waals surface area contributed by atoms with Crippen molar-refractivity contribution in [2.75, 3.05) is 7.11 Å². The average Bonchev–Trinajstić information content (AvgIpc) is 3.13. The Labute approximate surface area is 197 Å². The third kappa shape index (κ3) is 4.07. The highest BCUT2D eigenvalue weighted by atomic mass is 35.5. The molecule has 176 valence electrons. The third-order valence-electron chi connectivity index (χ3n) is 5.58. The second-order valence-corrected chi connectivity index (χ2v) is 8.16. The van der Waals surface area contributed by atoms with E-state index in [0.717, 1.165) is 0 Å². The van der Waals surface area contributed by atoms with Crippen LogP contribution in [0.1, 0.15) is 32.7 Å². The summed E-state index contributed by atoms with van der Waals surface area (Å²) in [7, 11) is 1.26. The van der Waals surface area contributed by atoms with Gasteiger partial charge in [0.05, 0.1) is 41.5 Å². The van der Waals surface area contributed by atoms with E-state index >= 15 is 0 Å². The number of carbonyl (C=O) groups is 1. The first-order valence-corrected chi connectivity index (χ1v) is 10.5. The second kappa shape index (κ2) is 8.64. The fourth-order valence-corrected chi connectivity index (χ4v) is 4.04. The van der Waals surface area contributed by atoms with Crippen LogP contribution in [0.15, 0.2) is 53.3 Å². The summed E-state index contributed by atoms with van der Waals surface area (Å²) in [5, 5.41) is 4.61. The van der Waals surface area contributed by atoms with E-state index in [-0.39, 0.29) is 23.3 Å². The lowest BCUT2D eigenvalue weighted by Crippen LogP contribution is -2.25. The van der Waals surface area contributed by atoms with Gasteiger partial charge in [0.1, 0.15) is 5.65 Å². The van der Waals surface area contributed by atoms with Crippen LogP contribution < -0.4 is 5.56 Å². The van der Waals surface area contributed by atoms with E-state index in [2.05, 4.69) is 9.84 Å². The van der Waals surface area contributed by atoms with Crippen molar-refractivity contribution in [2.45, 2.75) is 26.6 Å². The van der Waals surface area contributed by atoms with Crippen molar-refractivity contribution in [3.8, 4) is 5.69 Å². The van der Waals surface area contributed by atoms with E-state index in [9.17, 15) is 22.8 Å². The van der Waals surface area contributed by atoms with Gasteiger partial charge in [-0.05, 0) is 49.2 Å². The van der Waals surface area contributed by atoms with E-state index in [1.165, 1.54) is 35.4 Å². The summed E-state index contributed by atoms with van der Waals surface area (Å²) in [6.07, 6.45) is -4.75. The number of ether oxygens (including phenoxy) is 1. The summed E-state index contributed by atoms with van der Waals surface area (Å²) in [6.45, 7) is 3.15. The highest BCUT2D eigenvalue weighted by Crippen LogP contribution is 2.36. The van der Waals surface area contributed by atoms with E-state index < -0.39 is 23.3 Å². The zero-order valence-electron chi connectivity index (χ0n) is 18.4. The molecule has 6 nitrogen and oxygen atoms in total. The van der Waals surface area contributed by atoms with E-state index in [1.54, 1.807) is 37.3 Å². The Morgan fingerprint density at radius 3 is 2.41 bits per heavy atom. The van der Waals surface area contributed by atoms with Crippen molar-refractivity contribution in [1.29, 1.82) is 0 Å². The van der Waals surface area contributed by atoms with Crippen molar-refractivity contribution < 1.29 is 22.7 Å². The Balaban J connectivity index is 2.00. The molecule has 0 aliphatic carbocycles. The molecule has 2 heterocycles. The van der Waals surface area contributed by atoms with Crippen molar-refractivity contribution in [1.82, 2.24) is 14.3 Å². The standard InChI is InChI=1S/C24H19ClF3N3O3/c1-13-18(25)5-4-6-19(13)31-22-21(14(2)29-31)17(24(26,27)28)11-20(32)30(22)12-15-7-9-16(10-8-15)23(33)34-3/h4-11H,12H2,1-3H3. The molecule has 0 spiro atoms. The summed E-state index contributed by atoms with van der Waals surface area (Å²) in [5.74, 6) is -0.522. The lowest BCUT2D eigenvalue weighted by atomic mass is 10.1. The quantitative estimate of drug-likeness (QED) is 0.364. The number of hydrogen-bond acceptors (Lipinski definition) is 4. The summed E-state index contributed by atoms with van der Waals surface area (Å²) in [6, 6.07) is 11.9. The molecular formula is C24H19ClF3N3O3. The summed E-state index contributed by atoms with van der Waals surface area (Å²) >= 11 is 6.25. The number of fused-ring (bicyclic) bond motifs is 1. The number of rotatable bonds is 4. The van der Waals surface area contributed by atoms with E-state index in [0.29, 0.717) is 33.5 Å². The number of esters is 1. The molecule has 34 heavy (non-hydrogen) atoms. The molecule has 0 aliphatic rings. The van der Waals surface area contributed by atoms with Crippen LogP contribution in [0.3, 0.4) is 0 Å². The van der Waals surface area contributed by atoms with Crippen LogP contribution in [0.2, 0.25) is 5.02 Å². The molecule has 0 fully saturated rings. The molecule has 0 radical (unpaired) electrons. The zero-order chi connectivity index (χ0) is 24.8. The molecule has 4 rings (SSSR count). The Hall–Kier alpha value is -3.59. The monoisotopic (exact) mass is 489 g/mol. The molecule has 0 bridgehead atoms. The third-order valence-corrected chi connectivity index (χ3v) is 5.99. The van der Waals surface area contributed by atoms with Crippen LogP contribution in [0, 0.1) is 13.8 Å². The first kappa shape index (κ1) is 23.6. The number of nitrogens with zero attached hydrogens (tertiary/aromatic N) is 3. The lowest BCUT2D eigenvalue weighted by molar-refractivity contribution is -0.136. The van der Waals surface area contributed by atoms with Crippen LogP contribution in [0.25, 0.3) is 16.7 Å². The Morgan fingerprint density at radius 1 is 1.12 bits per heavy atom. The van der Waals surface area contributed by atoms with Crippen molar-refractivity contribution in [2.24, 2.45) is 0 Å². The molecule has 0 aliphatic heterocycles. The Bertz CT molecular complexity index is 1470. The number of carbonyl (C=O) groups excluding carboxylic acids is 1. The van der Waals surface area contributed by atoms with Crippen LogP contribution >= 0.6 is 11.6 Å². The maximum atomic E-state index is 13.9. The van der Waals surface area contributed by atoms with Gasteiger partial charge in [0.25, 0.3) is 5.56 Å². The van der Waals surface area contributed by atoms with Gasteiger partial charge in [-0.2, -0.15) is 18.3 Å².